The molecule has 0 N–H and O–H groups in total. The normalized spacial score (nSPS) is 23.8. The van der Waals surface area contributed by atoms with E-state index in [0.717, 1.165) is 38.8 Å². The van der Waals surface area contributed by atoms with Gasteiger partial charge in [0.2, 0.25) is 5.91 Å². The van der Waals surface area contributed by atoms with Crippen molar-refractivity contribution in [3.8, 4) is 0 Å². The monoisotopic (exact) mass is 324 g/mol. The van der Waals surface area contributed by atoms with Crippen molar-refractivity contribution < 1.29 is 4.79 Å². The molecule has 0 saturated carbocycles. The van der Waals surface area contributed by atoms with Crippen LogP contribution >= 0.6 is 0 Å². The fraction of sp³-hybridized carbons (Fsp3) is 0.526. The highest BCUT2D eigenvalue weighted by Gasteiger charge is 2.28. The van der Waals surface area contributed by atoms with E-state index in [9.17, 15) is 4.79 Å². The highest BCUT2D eigenvalue weighted by Crippen LogP contribution is 2.34. The number of piperidine rings is 1. The highest BCUT2D eigenvalue weighted by atomic mass is 16.2. The number of fused-ring (bicyclic) bond motifs is 1. The molecule has 0 spiro atoms. The maximum Gasteiger partial charge on any atom is 0.223 e. The van der Waals surface area contributed by atoms with Crippen molar-refractivity contribution in [3.63, 3.8) is 0 Å². The number of carbonyl (C=O) groups excluding carboxylic acids is 1. The molecule has 5 nitrogen and oxygen atoms in total. The van der Waals surface area contributed by atoms with Crippen LogP contribution in [0.2, 0.25) is 0 Å². The average molecular weight is 324 g/mol. The molecule has 126 valence electrons. The molecule has 2 heterocycles. The Morgan fingerprint density at radius 1 is 1.21 bits per heavy atom. The molecule has 1 saturated heterocycles. The standard InChI is InChI=1S/C19H24N4O/c24-19(11-16-7-3-6-15-5-1-2-9-18(15)16)22-10-4-8-17(12-22)23-14-20-13-21-23/h1-2,5,9,13-14,16-17H,3-4,6-8,10-12H2/t16-,17+/m1/s1. The van der Waals surface area contributed by atoms with Crippen LogP contribution < -0.4 is 0 Å². The number of aromatic nitrogens is 3. The summed E-state index contributed by atoms with van der Waals surface area (Å²) < 4.78 is 1.90. The zero-order valence-electron chi connectivity index (χ0n) is 14.0. The Labute approximate surface area is 142 Å². The number of carbonyl (C=O) groups is 1. The van der Waals surface area contributed by atoms with E-state index in [2.05, 4.69) is 34.3 Å². The summed E-state index contributed by atoms with van der Waals surface area (Å²) in [6, 6.07) is 8.90. The third-order valence-corrected chi connectivity index (χ3v) is 5.47. The maximum absolute atomic E-state index is 12.9. The first-order chi connectivity index (χ1) is 11.8. The summed E-state index contributed by atoms with van der Waals surface area (Å²) in [6.45, 7) is 1.63. The van der Waals surface area contributed by atoms with E-state index in [1.54, 1.807) is 12.7 Å². The van der Waals surface area contributed by atoms with Crippen LogP contribution in [0.25, 0.3) is 0 Å². The lowest BCUT2D eigenvalue weighted by atomic mass is 9.81. The summed E-state index contributed by atoms with van der Waals surface area (Å²) in [7, 11) is 0. The van der Waals surface area contributed by atoms with Gasteiger partial charge in [0, 0.05) is 19.5 Å². The van der Waals surface area contributed by atoms with Gasteiger partial charge in [0.05, 0.1) is 6.04 Å². The van der Waals surface area contributed by atoms with Crippen LogP contribution in [0.5, 0.6) is 0 Å². The zero-order chi connectivity index (χ0) is 16.4. The van der Waals surface area contributed by atoms with E-state index in [4.69, 9.17) is 0 Å². The molecule has 0 radical (unpaired) electrons. The SMILES string of the molecule is O=C(C[C@H]1CCCc2ccccc21)N1CCC[C@H](n2cncn2)C1. The quantitative estimate of drug-likeness (QED) is 0.872. The van der Waals surface area contributed by atoms with Crippen LogP contribution in [0.1, 0.15) is 55.2 Å². The van der Waals surface area contributed by atoms with Crippen LogP contribution in [-0.4, -0.2) is 38.7 Å². The van der Waals surface area contributed by atoms with E-state index >= 15 is 0 Å². The van der Waals surface area contributed by atoms with Gasteiger partial charge in [-0.25, -0.2) is 9.67 Å². The Morgan fingerprint density at radius 2 is 2.12 bits per heavy atom. The van der Waals surface area contributed by atoms with E-state index in [0.29, 0.717) is 18.2 Å². The molecule has 2 atom stereocenters. The van der Waals surface area contributed by atoms with Gasteiger partial charge < -0.3 is 4.90 Å². The smallest absolute Gasteiger partial charge is 0.223 e. The maximum atomic E-state index is 12.9. The van der Waals surface area contributed by atoms with Gasteiger partial charge in [0.25, 0.3) is 0 Å². The van der Waals surface area contributed by atoms with E-state index in [1.165, 1.54) is 17.5 Å². The lowest BCUT2D eigenvalue weighted by Gasteiger charge is -2.34. The van der Waals surface area contributed by atoms with Gasteiger partial charge in [0.1, 0.15) is 12.7 Å². The zero-order valence-corrected chi connectivity index (χ0v) is 14.0. The molecule has 0 unspecified atom stereocenters. The van der Waals surface area contributed by atoms with Crippen molar-refractivity contribution in [3.05, 3.63) is 48.0 Å². The minimum Gasteiger partial charge on any atom is -0.341 e. The number of nitrogens with zero attached hydrogens (tertiary/aromatic N) is 4. The van der Waals surface area contributed by atoms with Gasteiger partial charge in [0.15, 0.2) is 0 Å². The molecule has 24 heavy (non-hydrogen) atoms. The number of benzene rings is 1. The number of aryl methyl sites for hydroxylation is 1. The lowest BCUT2D eigenvalue weighted by Crippen LogP contribution is -2.41. The molecule has 1 aromatic heterocycles. The Morgan fingerprint density at radius 3 is 3.00 bits per heavy atom. The Bertz CT molecular complexity index is 697. The fourth-order valence-corrected chi connectivity index (χ4v) is 4.21. The van der Waals surface area contributed by atoms with Crippen molar-refractivity contribution in [2.75, 3.05) is 13.1 Å². The number of hydrogen-bond donors (Lipinski definition) is 0. The van der Waals surface area contributed by atoms with Crippen LogP contribution in [-0.2, 0) is 11.2 Å². The van der Waals surface area contributed by atoms with Gasteiger partial charge in [-0.15, -0.1) is 0 Å². The molecule has 2 aromatic rings. The molecular formula is C19H24N4O. The Kier molecular flexibility index (Phi) is 4.32. The number of rotatable bonds is 3. The van der Waals surface area contributed by atoms with Crippen molar-refractivity contribution in [1.29, 1.82) is 0 Å². The van der Waals surface area contributed by atoms with Crippen LogP contribution in [0.4, 0.5) is 0 Å². The largest absolute Gasteiger partial charge is 0.341 e. The van der Waals surface area contributed by atoms with Crippen molar-refractivity contribution in [1.82, 2.24) is 19.7 Å². The van der Waals surface area contributed by atoms with Gasteiger partial charge in [-0.3, -0.25) is 4.79 Å². The molecule has 1 amide bonds. The van der Waals surface area contributed by atoms with Gasteiger partial charge in [-0.1, -0.05) is 24.3 Å². The van der Waals surface area contributed by atoms with Gasteiger partial charge >= 0.3 is 0 Å². The summed E-state index contributed by atoms with van der Waals surface area (Å²) >= 11 is 0. The Balaban J connectivity index is 1.43. The molecule has 4 rings (SSSR count). The molecule has 5 heteroatoms. The summed E-state index contributed by atoms with van der Waals surface area (Å²) in [5, 5.41) is 4.25. The van der Waals surface area contributed by atoms with Crippen molar-refractivity contribution >= 4 is 5.91 Å². The second-order valence-electron chi connectivity index (χ2n) is 7.00. The number of amides is 1. The number of likely N-dealkylation sites (tertiary alicyclic amines) is 1. The minimum absolute atomic E-state index is 0.267. The van der Waals surface area contributed by atoms with Crippen LogP contribution in [0, 0.1) is 0 Å². The summed E-state index contributed by atoms with van der Waals surface area (Å²) in [4.78, 5) is 18.9. The van der Waals surface area contributed by atoms with Crippen molar-refractivity contribution in [2.45, 2.75) is 50.5 Å². The van der Waals surface area contributed by atoms with E-state index < -0.39 is 0 Å². The molecule has 1 aliphatic carbocycles. The second-order valence-corrected chi connectivity index (χ2v) is 7.00. The Hall–Kier alpha value is -2.17. The number of hydrogen-bond acceptors (Lipinski definition) is 3. The average Bonchev–Trinajstić information content (AvgIpc) is 3.17. The molecule has 0 bridgehead atoms. The predicted octanol–water partition coefficient (Wildman–Crippen LogP) is 2.95. The minimum atomic E-state index is 0.267. The summed E-state index contributed by atoms with van der Waals surface area (Å²) in [6.07, 6.45) is 9.55. The summed E-state index contributed by atoms with van der Waals surface area (Å²) in [5.41, 5.74) is 2.82. The first-order valence-corrected chi connectivity index (χ1v) is 9.01. The first kappa shape index (κ1) is 15.4. The molecule has 1 aromatic carbocycles. The molecule has 1 aliphatic heterocycles. The fourth-order valence-electron chi connectivity index (χ4n) is 4.21. The van der Waals surface area contributed by atoms with Gasteiger partial charge in [-0.2, -0.15) is 5.10 Å². The summed E-state index contributed by atoms with van der Waals surface area (Å²) in [5.74, 6) is 0.677. The topological polar surface area (TPSA) is 51.0 Å². The second kappa shape index (κ2) is 6.75. The molecule has 2 aliphatic rings. The molecular weight excluding hydrogens is 300 g/mol. The van der Waals surface area contributed by atoms with Crippen LogP contribution in [0.3, 0.4) is 0 Å². The van der Waals surface area contributed by atoms with E-state index in [1.807, 2.05) is 9.58 Å². The lowest BCUT2D eigenvalue weighted by molar-refractivity contribution is -0.133. The van der Waals surface area contributed by atoms with Gasteiger partial charge in [-0.05, 0) is 49.1 Å². The third kappa shape index (κ3) is 3.07. The van der Waals surface area contributed by atoms with Crippen molar-refractivity contribution in [2.24, 2.45) is 0 Å². The third-order valence-electron chi connectivity index (χ3n) is 5.47. The first-order valence-electron chi connectivity index (χ1n) is 9.01. The van der Waals surface area contributed by atoms with Crippen LogP contribution in [0.15, 0.2) is 36.9 Å². The van der Waals surface area contributed by atoms with E-state index in [-0.39, 0.29) is 6.04 Å². The molecule has 1 fully saturated rings. The predicted molar refractivity (Wildman–Crippen MR) is 91.6 cm³/mol. The highest BCUT2D eigenvalue weighted by molar-refractivity contribution is 5.77.